The van der Waals surface area contributed by atoms with Gasteiger partial charge in [0.15, 0.2) is 0 Å². The molecular formula is C32H40N4O4. The Morgan fingerprint density at radius 1 is 0.450 bits per heavy atom. The highest BCUT2D eigenvalue weighted by atomic mass is 16.5. The summed E-state index contributed by atoms with van der Waals surface area (Å²) in [5.41, 5.74) is 4.15. The van der Waals surface area contributed by atoms with Gasteiger partial charge in [-0.05, 0) is 24.3 Å². The first-order valence-electron chi connectivity index (χ1n) is 14.3. The summed E-state index contributed by atoms with van der Waals surface area (Å²) in [4.78, 5) is 14.4. The number of hydrogen-bond acceptors (Lipinski definition) is 8. The van der Waals surface area contributed by atoms with Gasteiger partial charge in [0, 0.05) is 50.0 Å². The van der Waals surface area contributed by atoms with Crippen LogP contribution in [0.5, 0.6) is 0 Å². The minimum atomic E-state index is 0.577. The van der Waals surface area contributed by atoms with E-state index in [1.54, 1.807) is 0 Å². The summed E-state index contributed by atoms with van der Waals surface area (Å²) >= 11 is 0. The van der Waals surface area contributed by atoms with Crippen LogP contribution in [-0.4, -0.2) is 98.8 Å². The van der Waals surface area contributed by atoms with Crippen LogP contribution >= 0.6 is 0 Å². The fraction of sp³-hybridized carbons (Fsp3) is 0.438. The second-order valence-electron chi connectivity index (χ2n) is 9.99. The first kappa shape index (κ1) is 28.5. The van der Waals surface area contributed by atoms with E-state index in [4.69, 9.17) is 28.9 Å². The lowest BCUT2D eigenvalue weighted by Crippen LogP contribution is -2.33. The van der Waals surface area contributed by atoms with E-state index in [0.717, 1.165) is 72.5 Å². The molecule has 2 aromatic heterocycles. The Hall–Kier alpha value is -2.98. The van der Waals surface area contributed by atoms with Gasteiger partial charge in [-0.2, -0.15) is 0 Å². The van der Waals surface area contributed by atoms with Crippen LogP contribution in [-0.2, 0) is 32.0 Å². The third-order valence-electron chi connectivity index (χ3n) is 7.03. The largest absolute Gasteiger partial charge is 0.378 e. The van der Waals surface area contributed by atoms with Gasteiger partial charge in [-0.25, -0.2) is 0 Å². The first-order chi connectivity index (χ1) is 19.8. The minimum Gasteiger partial charge on any atom is -0.378 e. The van der Waals surface area contributed by atoms with E-state index in [-0.39, 0.29) is 0 Å². The fourth-order valence-corrected chi connectivity index (χ4v) is 4.81. The molecule has 4 aromatic rings. The second-order valence-corrected chi connectivity index (χ2v) is 9.99. The van der Waals surface area contributed by atoms with Gasteiger partial charge in [0.25, 0.3) is 0 Å². The number of pyridine rings is 2. The molecule has 212 valence electrons. The highest BCUT2D eigenvalue weighted by Crippen LogP contribution is 2.14. The lowest BCUT2D eigenvalue weighted by atomic mass is 10.2. The van der Waals surface area contributed by atoms with E-state index >= 15 is 0 Å². The van der Waals surface area contributed by atoms with E-state index in [0.29, 0.717) is 52.9 Å². The molecule has 1 saturated heterocycles. The molecule has 0 unspecified atom stereocenters. The number of benzene rings is 2. The molecule has 5 rings (SSSR count). The summed E-state index contributed by atoms with van der Waals surface area (Å²) in [5, 5.41) is 2.32. The standard InChI is InChI=1S/C32H40N4O4/c1-3-7-31-27(5-1)9-11-29(33-31)25-35-13-17-37-21-23-39-19-15-36(16-20-40-24-22-38-18-14-35)26-30-12-10-28-6-2-4-8-32(28)34-30/h1-12H,13-26H2. The number of para-hydroxylation sites is 2. The van der Waals surface area contributed by atoms with Gasteiger partial charge in [0.05, 0.1) is 75.3 Å². The molecular weight excluding hydrogens is 504 g/mol. The molecule has 1 fully saturated rings. The van der Waals surface area contributed by atoms with Crippen molar-refractivity contribution in [3.05, 3.63) is 84.2 Å². The summed E-state index contributed by atoms with van der Waals surface area (Å²) in [6.07, 6.45) is 0. The maximum Gasteiger partial charge on any atom is 0.0705 e. The Labute approximate surface area is 236 Å². The lowest BCUT2D eigenvalue weighted by molar-refractivity contribution is 0.00601. The van der Waals surface area contributed by atoms with E-state index in [2.05, 4.69) is 58.3 Å². The zero-order valence-corrected chi connectivity index (χ0v) is 23.2. The SMILES string of the molecule is c1ccc2nc(CN3CCOCCOCCN(Cc4ccc5ccccc5n4)CCOCCOCC3)ccc2c1. The predicted molar refractivity (Wildman–Crippen MR) is 157 cm³/mol. The Morgan fingerprint density at radius 3 is 1.23 bits per heavy atom. The molecule has 40 heavy (non-hydrogen) atoms. The number of rotatable bonds is 4. The molecule has 2 aromatic carbocycles. The molecule has 0 saturated carbocycles. The van der Waals surface area contributed by atoms with Crippen molar-refractivity contribution >= 4 is 21.8 Å². The Balaban J connectivity index is 1.10. The third-order valence-corrected chi connectivity index (χ3v) is 7.03. The molecule has 0 amide bonds. The van der Waals surface area contributed by atoms with Crippen molar-refractivity contribution in [2.45, 2.75) is 13.1 Å². The molecule has 3 heterocycles. The first-order valence-corrected chi connectivity index (χ1v) is 14.3. The van der Waals surface area contributed by atoms with Gasteiger partial charge < -0.3 is 18.9 Å². The van der Waals surface area contributed by atoms with Gasteiger partial charge in [-0.3, -0.25) is 19.8 Å². The van der Waals surface area contributed by atoms with Crippen molar-refractivity contribution in [2.24, 2.45) is 0 Å². The molecule has 0 atom stereocenters. The van der Waals surface area contributed by atoms with E-state index < -0.39 is 0 Å². The summed E-state index contributed by atoms with van der Waals surface area (Å²) in [6.45, 7) is 9.60. The van der Waals surface area contributed by atoms with Gasteiger partial charge >= 0.3 is 0 Å². The molecule has 0 bridgehead atoms. The highest BCUT2D eigenvalue weighted by molar-refractivity contribution is 5.79. The van der Waals surface area contributed by atoms with Crippen LogP contribution in [0.3, 0.4) is 0 Å². The van der Waals surface area contributed by atoms with Gasteiger partial charge in [-0.15, -0.1) is 0 Å². The van der Waals surface area contributed by atoms with Crippen molar-refractivity contribution in [1.29, 1.82) is 0 Å². The summed E-state index contributed by atoms with van der Waals surface area (Å²) in [5.74, 6) is 0. The Kier molecular flexibility index (Phi) is 11.2. The van der Waals surface area contributed by atoms with Crippen LogP contribution in [0.15, 0.2) is 72.8 Å². The van der Waals surface area contributed by atoms with Crippen LogP contribution in [0, 0.1) is 0 Å². The molecule has 8 nitrogen and oxygen atoms in total. The van der Waals surface area contributed by atoms with Crippen molar-refractivity contribution < 1.29 is 18.9 Å². The number of hydrogen-bond donors (Lipinski definition) is 0. The predicted octanol–water partition coefficient (Wildman–Crippen LogP) is 4.17. The molecule has 1 aliphatic rings. The average Bonchev–Trinajstić information content (AvgIpc) is 2.98. The topological polar surface area (TPSA) is 69.2 Å². The number of nitrogens with zero attached hydrogens (tertiary/aromatic N) is 4. The number of aromatic nitrogens is 2. The molecule has 1 aliphatic heterocycles. The van der Waals surface area contributed by atoms with Crippen LogP contribution in [0.2, 0.25) is 0 Å². The number of ether oxygens (including phenoxy) is 4. The maximum atomic E-state index is 5.91. The van der Waals surface area contributed by atoms with Crippen LogP contribution in [0.4, 0.5) is 0 Å². The summed E-state index contributed by atoms with van der Waals surface area (Å²) in [6, 6.07) is 24.9. The van der Waals surface area contributed by atoms with E-state index in [1.165, 1.54) is 0 Å². The maximum absolute atomic E-state index is 5.91. The highest BCUT2D eigenvalue weighted by Gasteiger charge is 2.11. The quantitative estimate of drug-likeness (QED) is 0.379. The van der Waals surface area contributed by atoms with E-state index in [1.807, 2.05) is 24.3 Å². The molecule has 0 aliphatic carbocycles. The summed E-state index contributed by atoms with van der Waals surface area (Å²) in [7, 11) is 0. The molecule has 0 spiro atoms. The monoisotopic (exact) mass is 544 g/mol. The number of fused-ring (bicyclic) bond motifs is 2. The van der Waals surface area contributed by atoms with Crippen LogP contribution < -0.4 is 0 Å². The van der Waals surface area contributed by atoms with Crippen LogP contribution in [0.1, 0.15) is 11.4 Å². The molecule has 0 N–H and O–H groups in total. The normalized spacial score (nSPS) is 18.4. The van der Waals surface area contributed by atoms with Gasteiger partial charge in [0.1, 0.15) is 0 Å². The van der Waals surface area contributed by atoms with Crippen LogP contribution in [0.25, 0.3) is 21.8 Å². The van der Waals surface area contributed by atoms with Gasteiger partial charge in [0.2, 0.25) is 0 Å². The Bertz CT molecular complexity index is 1200. The van der Waals surface area contributed by atoms with Gasteiger partial charge in [-0.1, -0.05) is 48.5 Å². The van der Waals surface area contributed by atoms with Crippen molar-refractivity contribution in [3.63, 3.8) is 0 Å². The second kappa shape index (κ2) is 15.7. The zero-order valence-electron chi connectivity index (χ0n) is 23.2. The van der Waals surface area contributed by atoms with Crippen molar-refractivity contribution in [1.82, 2.24) is 19.8 Å². The van der Waals surface area contributed by atoms with Crippen molar-refractivity contribution in [3.8, 4) is 0 Å². The van der Waals surface area contributed by atoms with Crippen molar-refractivity contribution in [2.75, 3.05) is 79.0 Å². The Morgan fingerprint density at radius 2 is 0.825 bits per heavy atom. The molecule has 8 heteroatoms. The average molecular weight is 545 g/mol. The van der Waals surface area contributed by atoms with E-state index in [9.17, 15) is 0 Å². The summed E-state index contributed by atoms with van der Waals surface area (Å²) < 4.78 is 23.6. The third kappa shape index (κ3) is 9.02. The lowest BCUT2D eigenvalue weighted by Gasteiger charge is -2.23. The minimum absolute atomic E-state index is 0.577. The fourth-order valence-electron chi connectivity index (χ4n) is 4.81. The molecule has 0 radical (unpaired) electrons. The zero-order chi connectivity index (χ0) is 27.2. The smallest absolute Gasteiger partial charge is 0.0705 e.